The molecule has 0 bridgehead atoms. The van der Waals surface area contributed by atoms with Crippen LogP contribution in [0.2, 0.25) is 0 Å². The van der Waals surface area contributed by atoms with E-state index in [2.05, 4.69) is 24.3 Å². The summed E-state index contributed by atoms with van der Waals surface area (Å²) >= 11 is 5.40. The lowest BCUT2D eigenvalue weighted by molar-refractivity contribution is -0.147. The molecule has 0 aromatic heterocycles. The number of benzene rings is 2. The molecule has 6 heteroatoms. The molecule has 2 atom stereocenters. The van der Waals surface area contributed by atoms with E-state index in [1.54, 1.807) is 13.8 Å². The van der Waals surface area contributed by atoms with Gasteiger partial charge in [-0.2, -0.15) is 13.2 Å². The zero-order chi connectivity index (χ0) is 23.1. The van der Waals surface area contributed by atoms with Crippen molar-refractivity contribution in [1.29, 1.82) is 0 Å². The number of alkyl halides is 3. The standard InChI is InChI=1S/C26H26ClF3O2/c1-25(2)21(14-22(27)26(28,29)30)23(25)24(31)32-15-17-10-7-13-20-18-11-5-3-8-16(18)9-4-6-12-19(17)20/h3,5,7-8,10-11,13-14,21,23H,4,6,9,12,15H2,1-2H3/b22-14-. The molecule has 2 nitrogen and oxygen atoms in total. The average molecular weight is 463 g/mol. The maximum atomic E-state index is 12.8. The third kappa shape index (κ3) is 4.45. The molecule has 0 radical (unpaired) electrons. The lowest BCUT2D eigenvalue weighted by Gasteiger charge is -2.20. The monoisotopic (exact) mass is 462 g/mol. The van der Waals surface area contributed by atoms with Gasteiger partial charge < -0.3 is 4.74 Å². The van der Waals surface area contributed by atoms with Crippen LogP contribution in [0.5, 0.6) is 0 Å². The molecule has 2 aliphatic rings. The minimum absolute atomic E-state index is 0.111. The Labute approximate surface area is 191 Å². The fourth-order valence-electron chi connectivity index (χ4n) is 4.87. The van der Waals surface area contributed by atoms with Crippen molar-refractivity contribution in [1.82, 2.24) is 0 Å². The number of hydrogen-bond donors (Lipinski definition) is 0. The number of rotatable bonds is 4. The maximum absolute atomic E-state index is 12.8. The highest BCUT2D eigenvalue weighted by molar-refractivity contribution is 6.30. The number of hydrogen-bond acceptors (Lipinski definition) is 2. The summed E-state index contributed by atoms with van der Waals surface area (Å²) in [6, 6.07) is 14.4. The zero-order valence-corrected chi connectivity index (χ0v) is 18.9. The van der Waals surface area contributed by atoms with E-state index < -0.39 is 34.4 Å². The van der Waals surface area contributed by atoms with Crippen LogP contribution >= 0.6 is 11.6 Å². The van der Waals surface area contributed by atoms with E-state index in [1.165, 1.54) is 22.3 Å². The third-order valence-corrected chi connectivity index (χ3v) is 7.17. The Morgan fingerprint density at radius 3 is 2.53 bits per heavy atom. The minimum Gasteiger partial charge on any atom is -0.461 e. The van der Waals surface area contributed by atoms with Crippen molar-refractivity contribution in [3.63, 3.8) is 0 Å². The summed E-state index contributed by atoms with van der Waals surface area (Å²) in [5, 5.41) is -1.19. The van der Waals surface area contributed by atoms with Gasteiger partial charge in [0.15, 0.2) is 0 Å². The van der Waals surface area contributed by atoms with Crippen molar-refractivity contribution >= 4 is 17.6 Å². The molecule has 1 fully saturated rings. The van der Waals surface area contributed by atoms with E-state index in [1.807, 2.05) is 18.2 Å². The molecule has 2 aromatic rings. The fraction of sp³-hybridized carbons (Fsp3) is 0.423. The van der Waals surface area contributed by atoms with E-state index in [0.29, 0.717) is 0 Å². The van der Waals surface area contributed by atoms with Gasteiger partial charge in [-0.15, -0.1) is 0 Å². The van der Waals surface area contributed by atoms with Crippen LogP contribution in [-0.2, 0) is 29.0 Å². The fourth-order valence-corrected chi connectivity index (χ4v) is 5.00. The molecule has 0 saturated heterocycles. The van der Waals surface area contributed by atoms with E-state index >= 15 is 0 Å². The lowest BCUT2D eigenvalue weighted by atomic mass is 9.86. The van der Waals surface area contributed by atoms with Gasteiger partial charge in [0.2, 0.25) is 0 Å². The zero-order valence-electron chi connectivity index (χ0n) is 18.1. The molecule has 170 valence electrons. The van der Waals surface area contributed by atoms with E-state index in [9.17, 15) is 18.0 Å². The van der Waals surface area contributed by atoms with Gasteiger partial charge in [0.05, 0.1) is 5.92 Å². The van der Waals surface area contributed by atoms with Crippen LogP contribution in [0.15, 0.2) is 53.6 Å². The van der Waals surface area contributed by atoms with Crippen LogP contribution in [0.1, 0.15) is 43.4 Å². The number of aryl methyl sites for hydroxylation is 1. The molecular weight excluding hydrogens is 437 g/mol. The Bertz CT molecular complexity index is 1060. The summed E-state index contributed by atoms with van der Waals surface area (Å²) < 4.78 is 44.0. The van der Waals surface area contributed by atoms with Crippen molar-refractivity contribution in [3.8, 4) is 11.1 Å². The molecule has 2 unspecified atom stereocenters. The molecule has 4 rings (SSSR count). The first kappa shape index (κ1) is 22.9. The SMILES string of the molecule is CC1(C)C(/C=C(\Cl)C(F)(F)F)C1C(=O)OCc1cccc2c1CCCCc1ccccc1-2. The van der Waals surface area contributed by atoms with Crippen molar-refractivity contribution in [2.75, 3.05) is 0 Å². The normalized spacial score (nSPS) is 22.2. The van der Waals surface area contributed by atoms with Gasteiger partial charge in [-0.05, 0) is 64.8 Å². The molecule has 0 spiro atoms. The molecule has 32 heavy (non-hydrogen) atoms. The lowest BCUT2D eigenvalue weighted by Crippen LogP contribution is -2.12. The number of carbonyl (C=O) groups excluding carboxylic acids is 1. The van der Waals surface area contributed by atoms with E-state index in [0.717, 1.165) is 37.3 Å². The number of allylic oxidation sites excluding steroid dienone is 2. The first-order chi connectivity index (χ1) is 15.1. The number of ether oxygens (including phenoxy) is 1. The highest BCUT2D eigenvalue weighted by atomic mass is 35.5. The summed E-state index contributed by atoms with van der Waals surface area (Å²) in [5.41, 5.74) is 5.21. The molecule has 0 amide bonds. The third-order valence-electron chi connectivity index (χ3n) is 6.83. The van der Waals surface area contributed by atoms with Crippen molar-refractivity contribution in [2.24, 2.45) is 17.3 Å². The minimum atomic E-state index is -4.61. The van der Waals surface area contributed by atoms with Gasteiger partial charge in [0.1, 0.15) is 11.6 Å². The van der Waals surface area contributed by atoms with Gasteiger partial charge in [-0.1, -0.05) is 74.0 Å². The largest absolute Gasteiger partial charge is 0.461 e. The van der Waals surface area contributed by atoms with E-state index in [4.69, 9.17) is 16.3 Å². The molecule has 0 heterocycles. The Balaban J connectivity index is 1.52. The Kier molecular flexibility index (Phi) is 6.15. The van der Waals surface area contributed by atoms with E-state index in [-0.39, 0.29) is 6.61 Å². The number of fused-ring (bicyclic) bond motifs is 3. The summed E-state index contributed by atoms with van der Waals surface area (Å²) in [6.07, 6.45) is 0.424. The van der Waals surface area contributed by atoms with Crippen LogP contribution in [0.4, 0.5) is 13.2 Å². The van der Waals surface area contributed by atoms with Crippen LogP contribution < -0.4 is 0 Å². The van der Waals surface area contributed by atoms with Crippen molar-refractivity contribution < 1.29 is 22.7 Å². The maximum Gasteiger partial charge on any atom is 0.426 e. The second-order valence-corrected chi connectivity index (χ2v) is 9.66. The Morgan fingerprint density at radius 2 is 1.78 bits per heavy atom. The first-order valence-corrected chi connectivity index (χ1v) is 11.3. The number of halogens is 4. The van der Waals surface area contributed by atoms with Crippen molar-refractivity contribution in [3.05, 3.63) is 70.3 Å². The topological polar surface area (TPSA) is 26.3 Å². The molecule has 2 aromatic carbocycles. The molecule has 2 aliphatic carbocycles. The second-order valence-electron chi connectivity index (χ2n) is 9.25. The average Bonchev–Trinajstić information content (AvgIpc) is 3.27. The van der Waals surface area contributed by atoms with Crippen LogP contribution in [-0.4, -0.2) is 12.1 Å². The van der Waals surface area contributed by atoms with Crippen LogP contribution in [0.25, 0.3) is 11.1 Å². The van der Waals surface area contributed by atoms with Gasteiger partial charge >= 0.3 is 12.1 Å². The quantitative estimate of drug-likeness (QED) is 0.448. The highest BCUT2D eigenvalue weighted by Gasteiger charge is 2.62. The van der Waals surface area contributed by atoms with Gasteiger partial charge in [0, 0.05) is 0 Å². The second kappa shape index (κ2) is 8.58. The molecular formula is C26H26ClF3O2. The molecule has 0 aliphatic heterocycles. The summed E-state index contributed by atoms with van der Waals surface area (Å²) in [6.45, 7) is 3.63. The van der Waals surface area contributed by atoms with Gasteiger partial charge in [-0.25, -0.2) is 0 Å². The summed E-state index contributed by atoms with van der Waals surface area (Å²) in [4.78, 5) is 12.7. The van der Waals surface area contributed by atoms with Crippen LogP contribution in [0, 0.1) is 17.3 Å². The molecule has 0 N–H and O–H groups in total. The first-order valence-electron chi connectivity index (χ1n) is 10.9. The van der Waals surface area contributed by atoms with Crippen LogP contribution in [0.3, 0.4) is 0 Å². The Morgan fingerprint density at radius 1 is 1.09 bits per heavy atom. The summed E-state index contributed by atoms with van der Waals surface area (Å²) in [7, 11) is 0. The predicted octanol–water partition coefficient (Wildman–Crippen LogP) is 7.23. The Hall–Kier alpha value is -2.27. The number of esters is 1. The van der Waals surface area contributed by atoms with Crippen molar-refractivity contribution in [2.45, 2.75) is 52.3 Å². The number of carbonyl (C=O) groups is 1. The summed E-state index contributed by atoms with van der Waals surface area (Å²) in [5.74, 6) is -1.70. The van der Waals surface area contributed by atoms with Gasteiger partial charge in [-0.3, -0.25) is 4.79 Å². The smallest absolute Gasteiger partial charge is 0.426 e. The van der Waals surface area contributed by atoms with Gasteiger partial charge in [0.25, 0.3) is 0 Å². The predicted molar refractivity (Wildman–Crippen MR) is 119 cm³/mol. The molecule has 1 saturated carbocycles. The highest BCUT2D eigenvalue weighted by Crippen LogP contribution is 2.60.